The van der Waals surface area contributed by atoms with Crippen LogP contribution in [0.1, 0.15) is 106 Å². The van der Waals surface area contributed by atoms with Crippen LogP contribution in [0.5, 0.6) is 0 Å². The van der Waals surface area contributed by atoms with Crippen LogP contribution in [0.4, 0.5) is 0 Å². The summed E-state index contributed by atoms with van der Waals surface area (Å²) in [5.41, 5.74) is 0.677. The molecule has 0 aromatic carbocycles. The van der Waals surface area contributed by atoms with Crippen LogP contribution in [0.2, 0.25) is 0 Å². The molecule has 4 heteroatoms. The van der Waals surface area contributed by atoms with E-state index in [1.807, 2.05) is 0 Å². The molecule has 0 aromatic rings. The van der Waals surface area contributed by atoms with E-state index < -0.39 is 11.4 Å². The summed E-state index contributed by atoms with van der Waals surface area (Å²) in [5.74, 6) is 0.235. The smallest absolute Gasteiger partial charge is 0.310 e. The topological polar surface area (TPSA) is 77.8 Å². The SMILES string of the molecule is CC1(C)CC[C@]2(C(=O)O)CC[C@]3(C)C(=CC[C@@H]4[C@@]5(CO)CC[C@@H](O)C(C)(C)C5CC[C@]43C)[C@@H]2C1. The van der Waals surface area contributed by atoms with Crippen molar-refractivity contribution in [1.29, 1.82) is 0 Å². The maximum atomic E-state index is 12.8. The number of hydrogen-bond donors (Lipinski definition) is 3. The largest absolute Gasteiger partial charge is 0.481 e. The van der Waals surface area contributed by atoms with E-state index in [4.69, 9.17) is 0 Å². The molecular formula is C30H48O4. The Morgan fingerprint density at radius 3 is 2.26 bits per heavy atom. The van der Waals surface area contributed by atoms with Gasteiger partial charge in [-0.15, -0.1) is 0 Å². The second-order valence-corrected chi connectivity index (χ2v) is 14.9. The second kappa shape index (κ2) is 7.34. The first kappa shape index (κ1) is 24.8. The van der Waals surface area contributed by atoms with Crippen molar-refractivity contribution in [2.24, 2.45) is 50.2 Å². The van der Waals surface area contributed by atoms with E-state index in [0.29, 0.717) is 11.8 Å². The molecule has 5 aliphatic rings. The Morgan fingerprint density at radius 1 is 0.941 bits per heavy atom. The minimum absolute atomic E-state index is 0.0275. The summed E-state index contributed by atoms with van der Waals surface area (Å²) in [7, 11) is 0. The van der Waals surface area contributed by atoms with Gasteiger partial charge in [0.05, 0.1) is 11.5 Å². The van der Waals surface area contributed by atoms with Crippen LogP contribution in [0.15, 0.2) is 11.6 Å². The summed E-state index contributed by atoms with van der Waals surface area (Å²) in [6.07, 6.45) is 11.4. The molecule has 34 heavy (non-hydrogen) atoms. The number of rotatable bonds is 2. The van der Waals surface area contributed by atoms with Gasteiger partial charge in [-0.1, -0.05) is 53.2 Å². The van der Waals surface area contributed by atoms with Gasteiger partial charge in [0, 0.05) is 12.0 Å². The molecule has 3 N–H and O–H groups in total. The molecule has 5 aliphatic carbocycles. The molecule has 4 saturated carbocycles. The lowest BCUT2D eigenvalue weighted by molar-refractivity contribution is -0.223. The first-order valence-corrected chi connectivity index (χ1v) is 13.9. The molecular weight excluding hydrogens is 424 g/mol. The maximum Gasteiger partial charge on any atom is 0.310 e. The third-order valence-corrected chi connectivity index (χ3v) is 13.1. The van der Waals surface area contributed by atoms with Crippen LogP contribution >= 0.6 is 0 Å². The van der Waals surface area contributed by atoms with E-state index in [-0.39, 0.29) is 45.7 Å². The maximum absolute atomic E-state index is 12.8. The molecule has 0 aromatic heterocycles. The van der Waals surface area contributed by atoms with Crippen molar-refractivity contribution in [3.63, 3.8) is 0 Å². The number of aliphatic carboxylic acids is 1. The van der Waals surface area contributed by atoms with E-state index in [9.17, 15) is 20.1 Å². The lowest BCUT2D eigenvalue weighted by Crippen LogP contribution is -2.66. The Balaban J connectivity index is 1.62. The van der Waals surface area contributed by atoms with Gasteiger partial charge in [-0.3, -0.25) is 4.79 Å². The Morgan fingerprint density at radius 2 is 1.62 bits per heavy atom. The highest BCUT2D eigenvalue weighted by Gasteiger charge is 2.70. The fraction of sp³-hybridized carbons (Fsp3) is 0.900. The van der Waals surface area contributed by atoms with Crippen LogP contribution in [0.3, 0.4) is 0 Å². The number of hydrogen-bond acceptors (Lipinski definition) is 3. The van der Waals surface area contributed by atoms with Crippen molar-refractivity contribution < 1.29 is 20.1 Å². The predicted molar refractivity (Wildman–Crippen MR) is 134 cm³/mol. The highest BCUT2D eigenvalue weighted by atomic mass is 16.4. The van der Waals surface area contributed by atoms with Crippen molar-refractivity contribution in [2.45, 2.75) is 112 Å². The Kier molecular flexibility index (Phi) is 5.36. The van der Waals surface area contributed by atoms with Gasteiger partial charge in [0.25, 0.3) is 0 Å². The minimum atomic E-state index is -0.604. The van der Waals surface area contributed by atoms with Gasteiger partial charge in [-0.05, 0) is 104 Å². The Hall–Kier alpha value is -0.870. The number of carbonyl (C=O) groups is 1. The average Bonchev–Trinajstić information content (AvgIpc) is 2.76. The zero-order valence-corrected chi connectivity index (χ0v) is 22.4. The highest BCUT2D eigenvalue weighted by molar-refractivity contribution is 5.76. The molecule has 0 radical (unpaired) electrons. The van der Waals surface area contributed by atoms with Gasteiger partial charge in [-0.2, -0.15) is 0 Å². The normalized spacial score (nSPS) is 51.2. The Bertz CT molecular complexity index is 903. The van der Waals surface area contributed by atoms with Gasteiger partial charge >= 0.3 is 5.97 Å². The predicted octanol–water partition coefficient (Wildman–Crippen LogP) is 6.21. The number of carboxylic acid groups (broad SMARTS) is 1. The van der Waals surface area contributed by atoms with Crippen LogP contribution in [0.25, 0.3) is 0 Å². The summed E-state index contributed by atoms with van der Waals surface area (Å²) in [6, 6.07) is 0. The van der Waals surface area contributed by atoms with Crippen LogP contribution in [-0.2, 0) is 4.79 Å². The summed E-state index contributed by atoms with van der Waals surface area (Å²) in [4.78, 5) is 12.8. The Labute approximate surface area is 206 Å². The van der Waals surface area contributed by atoms with E-state index in [1.165, 1.54) is 5.57 Å². The molecule has 4 fully saturated rings. The molecule has 4 nitrogen and oxygen atoms in total. The number of aliphatic hydroxyl groups is 2. The van der Waals surface area contributed by atoms with Gasteiger partial charge in [-0.25, -0.2) is 0 Å². The van der Waals surface area contributed by atoms with Crippen LogP contribution in [0, 0.1) is 50.2 Å². The van der Waals surface area contributed by atoms with Gasteiger partial charge in [0.1, 0.15) is 0 Å². The van der Waals surface area contributed by atoms with E-state index >= 15 is 0 Å². The summed E-state index contributed by atoms with van der Waals surface area (Å²) >= 11 is 0. The minimum Gasteiger partial charge on any atom is -0.481 e. The lowest BCUT2D eigenvalue weighted by atomic mass is 9.33. The zero-order valence-electron chi connectivity index (χ0n) is 22.4. The molecule has 1 unspecified atom stereocenters. The second-order valence-electron chi connectivity index (χ2n) is 14.9. The van der Waals surface area contributed by atoms with Crippen molar-refractivity contribution in [3.8, 4) is 0 Å². The van der Waals surface area contributed by atoms with Gasteiger partial charge < -0.3 is 15.3 Å². The van der Waals surface area contributed by atoms with Crippen molar-refractivity contribution in [1.82, 2.24) is 0 Å². The van der Waals surface area contributed by atoms with Gasteiger partial charge in [0.2, 0.25) is 0 Å². The molecule has 192 valence electrons. The molecule has 8 atom stereocenters. The third-order valence-electron chi connectivity index (χ3n) is 13.1. The highest BCUT2D eigenvalue weighted by Crippen LogP contribution is 2.75. The first-order valence-electron chi connectivity index (χ1n) is 13.9. The summed E-state index contributed by atoms with van der Waals surface area (Å²) < 4.78 is 0. The lowest BCUT2D eigenvalue weighted by Gasteiger charge is -2.71. The van der Waals surface area contributed by atoms with Crippen molar-refractivity contribution in [2.75, 3.05) is 6.61 Å². The van der Waals surface area contributed by atoms with Crippen LogP contribution in [-0.4, -0.2) is 34.0 Å². The molecule has 0 aliphatic heterocycles. The molecule has 0 bridgehead atoms. The standard InChI is InChI=1S/C30H48O4/c1-25(2)13-15-29(24(33)34)16-14-27(5)19(20(29)17-25)7-8-22-28(27,6)11-9-21-26(3,4)23(32)10-12-30(21,22)18-31/h7,20-23,31-32H,8-18H2,1-6H3,(H,33,34)/t20-,21?,22-,23+,27+,28+,29-,30+/m0/s1. The number of aliphatic hydroxyl groups excluding tert-OH is 2. The first-order chi connectivity index (χ1) is 15.7. The molecule has 0 heterocycles. The van der Waals surface area contributed by atoms with Crippen LogP contribution < -0.4 is 0 Å². The van der Waals surface area contributed by atoms with Crippen molar-refractivity contribution >= 4 is 5.97 Å². The third kappa shape index (κ3) is 2.88. The summed E-state index contributed by atoms with van der Waals surface area (Å²) in [5, 5.41) is 32.4. The molecule has 5 rings (SSSR count). The zero-order chi connectivity index (χ0) is 24.9. The molecule has 0 saturated heterocycles. The molecule has 0 spiro atoms. The number of fused-ring (bicyclic) bond motifs is 7. The number of carboxylic acids is 1. The van der Waals surface area contributed by atoms with E-state index in [1.54, 1.807) is 0 Å². The molecule has 0 amide bonds. The number of allylic oxidation sites excluding steroid dienone is 2. The fourth-order valence-electron chi connectivity index (χ4n) is 10.6. The monoisotopic (exact) mass is 472 g/mol. The summed E-state index contributed by atoms with van der Waals surface area (Å²) in [6.45, 7) is 14.2. The fourth-order valence-corrected chi connectivity index (χ4v) is 10.6. The van der Waals surface area contributed by atoms with Crippen molar-refractivity contribution in [3.05, 3.63) is 11.6 Å². The average molecular weight is 473 g/mol. The van der Waals surface area contributed by atoms with E-state index in [0.717, 1.165) is 64.2 Å². The van der Waals surface area contributed by atoms with E-state index in [2.05, 4.69) is 47.6 Å². The quantitative estimate of drug-likeness (QED) is 0.418. The van der Waals surface area contributed by atoms with Gasteiger partial charge in [0.15, 0.2) is 0 Å².